The number of amides is 1. The first-order valence-electron chi connectivity index (χ1n) is 7.97. The van der Waals surface area contributed by atoms with Gasteiger partial charge in [0.05, 0.1) is 0 Å². The molecule has 1 aromatic heterocycles. The number of aromatic nitrogens is 2. The van der Waals surface area contributed by atoms with Gasteiger partial charge in [-0.25, -0.2) is 0 Å². The summed E-state index contributed by atoms with van der Waals surface area (Å²) in [5.41, 5.74) is 1.34. The Labute approximate surface area is 140 Å². The number of hydrogen-bond acceptors (Lipinski definition) is 5. The molecule has 2 aromatic rings. The molecule has 0 bridgehead atoms. The standard InChI is InChI=1S/C17H21N3O4/c1-12-19-20-17(24-12)14-9-7-13(8-10-14)16(23)18-11-5-3-2-4-6-15(21)22/h7-10H,2-6,11H2,1H3,(H,18,23)(H,21,22). The molecule has 128 valence electrons. The topological polar surface area (TPSA) is 105 Å². The van der Waals surface area contributed by atoms with E-state index < -0.39 is 5.97 Å². The minimum atomic E-state index is -0.762. The SMILES string of the molecule is Cc1nnc(-c2ccc(C(=O)NCCCCCCC(=O)O)cc2)o1. The number of nitrogens with zero attached hydrogens (tertiary/aromatic N) is 2. The van der Waals surface area contributed by atoms with Crippen molar-refractivity contribution in [2.24, 2.45) is 0 Å². The molecule has 0 aliphatic carbocycles. The predicted octanol–water partition coefficient (Wildman–Crippen LogP) is 2.81. The number of rotatable bonds is 9. The van der Waals surface area contributed by atoms with Crippen molar-refractivity contribution in [1.29, 1.82) is 0 Å². The Bertz CT molecular complexity index is 679. The first-order valence-corrected chi connectivity index (χ1v) is 7.97. The zero-order valence-electron chi connectivity index (χ0n) is 13.6. The fourth-order valence-corrected chi connectivity index (χ4v) is 2.24. The predicted molar refractivity (Wildman–Crippen MR) is 87.5 cm³/mol. The van der Waals surface area contributed by atoms with Crippen LogP contribution in [0.25, 0.3) is 11.5 Å². The smallest absolute Gasteiger partial charge is 0.303 e. The zero-order valence-corrected chi connectivity index (χ0v) is 13.6. The Hall–Kier alpha value is -2.70. The third kappa shape index (κ3) is 5.49. The summed E-state index contributed by atoms with van der Waals surface area (Å²) in [6, 6.07) is 6.98. The lowest BCUT2D eigenvalue weighted by atomic mass is 10.1. The summed E-state index contributed by atoms with van der Waals surface area (Å²) in [7, 11) is 0. The minimum Gasteiger partial charge on any atom is -0.481 e. The molecule has 2 rings (SSSR count). The highest BCUT2D eigenvalue weighted by Crippen LogP contribution is 2.18. The normalized spacial score (nSPS) is 10.5. The molecule has 0 aliphatic heterocycles. The van der Waals surface area contributed by atoms with E-state index in [0.717, 1.165) is 24.8 Å². The number of unbranched alkanes of at least 4 members (excludes halogenated alkanes) is 3. The van der Waals surface area contributed by atoms with Gasteiger partial charge in [0.1, 0.15) is 0 Å². The van der Waals surface area contributed by atoms with Crippen LogP contribution in [-0.4, -0.2) is 33.7 Å². The van der Waals surface area contributed by atoms with E-state index in [9.17, 15) is 9.59 Å². The Morgan fingerprint density at radius 3 is 2.42 bits per heavy atom. The molecule has 0 unspecified atom stereocenters. The highest BCUT2D eigenvalue weighted by Gasteiger charge is 2.08. The van der Waals surface area contributed by atoms with Gasteiger partial charge in [-0.05, 0) is 37.1 Å². The average molecular weight is 331 g/mol. The maximum absolute atomic E-state index is 12.0. The molecule has 0 spiro atoms. The molecule has 1 heterocycles. The Kier molecular flexibility index (Phi) is 6.48. The Morgan fingerprint density at radius 1 is 1.08 bits per heavy atom. The van der Waals surface area contributed by atoms with E-state index in [-0.39, 0.29) is 12.3 Å². The summed E-state index contributed by atoms with van der Waals surface area (Å²) in [5.74, 6) is 0.0345. The fraction of sp³-hybridized carbons (Fsp3) is 0.412. The van der Waals surface area contributed by atoms with Crippen LogP contribution in [0.1, 0.15) is 48.4 Å². The number of carbonyl (C=O) groups is 2. The van der Waals surface area contributed by atoms with Crippen molar-refractivity contribution < 1.29 is 19.1 Å². The number of hydrogen-bond donors (Lipinski definition) is 2. The van der Waals surface area contributed by atoms with Gasteiger partial charge < -0.3 is 14.8 Å². The number of nitrogens with one attached hydrogen (secondary N) is 1. The second-order valence-corrected chi connectivity index (χ2v) is 5.52. The molecule has 7 nitrogen and oxygen atoms in total. The summed E-state index contributed by atoms with van der Waals surface area (Å²) >= 11 is 0. The lowest BCUT2D eigenvalue weighted by Crippen LogP contribution is -2.24. The van der Waals surface area contributed by atoms with Crippen LogP contribution in [-0.2, 0) is 4.79 Å². The summed E-state index contributed by atoms with van der Waals surface area (Å²) in [6.07, 6.45) is 3.49. The van der Waals surface area contributed by atoms with Crippen molar-refractivity contribution in [3.05, 3.63) is 35.7 Å². The lowest BCUT2D eigenvalue weighted by molar-refractivity contribution is -0.137. The molecule has 7 heteroatoms. The monoisotopic (exact) mass is 331 g/mol. The lowest BCUT2D eigenvalue weighted by Gasteiger charge is -2.05. The van der Waals surface area contributed by atoms with Gasteiger partial charge >= 0.3 is 5.97 Å². The number of benzene rings is 1. The van der Waals surface area contributed by atoms with Crippen LogP contribution in [0.15, 0.2) is 28.7 Å². The molecule has 0 fully saturated rings. The van der Waals surface area contributed by atoms with Crippen molar-refractivity contribution in [3.63, 3.8) is 0 Å². The van der Waals surface area contributed by atoms with E-state index in [0.29, 0.717) is 30.3 Å². The second kappa shape index (κ2) is 8.81. The number of aliphatic carboxylic acids is 1. The third-order valence-corrected chi connectivity index (χ3v) is 3.52. The first kappa shape index (κ1) is 17.7. The molecule has 0 saturated carbocycles. The van der Waals surface area contributed by atoms with Gasteiger partial charge in [-0.1, -0.05) is 12.8 Å². The minimum absolute atomic E-state index is 0.131. The van der Waals surface area contributed by atoms with Crippen LogP contribution in [0.2, 0.25) is 0 Å². The number of carbonyl (C=O) groups excluding carboxylic acids is 1. The number of aryl methyl sites for hydroxylation is 1. The Balaban J connectivity index is 1.72. The van der Waals surface area contributed by atoms with Crippen molar-refractivity contribution >= 4 is 11.9 Å². The molecule has 2 N–H and O–H groups in total. The molecular weight excluding hydrogens is 310 g/mol. The molecule has 1 aromatic carbocycles. The van der Waals surface area contributed by atoms with Crippen LogP contribution in [0.5, 0.6) is 0 Å². The highest BCUT2D eigenvalue weighted by atomic mass is 16.4. The summed E-state index contributed by atoms with van der Waals surface area (Å²) in [6.45, 7) is 2.30. The van der Waals surface area contributed by atoms with E-state index in [1.54, 1.807) is 31.2 Å². The number of carboxylic acid groups (broad SMARTS) is 1. The second-order valence-electron chi connectivity index (χ2n) is 5.52. The fourth-order valence-electron chi connectivity index (χ4n) is 2.24. The van der Waals surface area contributed by atoms with E-state index in [2.05, 4.69) is 15.5 Å². The van der Waals surface area contributed by atoms with E-state index in [1.807, 2.05) is 0 Å². The van der Waals surface area contributed by atoms with Gasteiger partial charge in [-0.2, -0.15) is 0 Å². The average Bonchev–Trinajstić information content (AvgIpc) is 3.00. The van der Waals surface area contributed by atoms with Crippen LogP contribution >= 0.6 is 0 Å². The summed E-state index contributed by atoms with van der Waals surface area (Å²) in [5, 5.41) is 19.1. The van der Waals surface area contributed by atoms with Crippen molar-refractivity contribution in [3.8, 4) is 11.5 Å². The maximum atomic E-state index is 12.0. The zero-order chi connectivity index (χ0) is 17.4. The van der Waals surface area contributed by atoms with E-state index in [4.69, 9.17) is 9.52 Å². The highest BCUT2D eigenvalue weighted by molar-refractivity contribution is 5.94. The van der Waals surface area contributed by atoms with Gasteiger partial charge in [0.25, 0.3) is 5.91 Å². The molecule has 24 heavy (non-hydrogen) atoms. The molecule has 0 radical (unpaired) electrons. The largest absolute Gasteiger partial charge is 0.481 e. The van der Waals surface area contributed by atoms with Crippen molar-refractivity contribution in [1.82, 2.24) is 15.5 Å². The van der Waals surface area contributed by atoms with Crippen LogP contribution < -0.4 is 5.32 Å². The van der Waals surface area contributed by atoms with Gasteiger partial charge in [0.2, 0.25) is 11.8 Å². The summed E-state index contributed by atoms with van der Waals surface area (Å²) < 4.78 is 5.34. The van der Waals surface area contributed by atoms with E-state index in [1.165, 1.54) is 0 Å². The van der Waals surface area contributed by atoms with Gasteiger partial charge in [0, 0.05) is 31.0 Å². The van der Waals surface area contributed by atoms with Crippen LogP contribution in [0.4, 0.5) is 0 Å². The third-order valence-electron chi connectivity index (χ3n) is 3.52. The quantitative estimate of drug-likeness (QED) is 0.685. The molecule has 0 aliphatic rings. The van der Waals surface area contributed by atoms with Gasteiger partial charge in [-0.3, -0.25) is 9.59 Å². The van der Waals surface area contributed by atoms with Crippen LogP contribution in [0.3, 0.4) is 0 Å². The Morgan fingerprint density at radius 2 is 1.79 bits per heavy atom. The van der Waals surface area contributed by atoms with Gasteiger partial charge in [-0.15, -0.1) is 10.2 Å². The van der Waals surface area contributed by atoms with Crippen molar-refractivity contribution in [2.75, 3.05) is 6.54 Å². The van der Waals surface area contributed by atoms with E-state index >= 15 is 0 Å². The molecule has 0 atom stereocenters. The van der Waals surface area contributed by atoms with Gasteiger partial charge in [0.15, 0.2) is 0 Å². The number of carboxylic acids is 1. The molecular formula is C17H21N3O4. The summed E-state index contributed by atoms with van der Waals surface area (Å²) in [4.78, 5) is 22.4. The maximum Gasteiger partial charge on any atom is 0.303 e. The first-order chi connectivity index (χ1) is 11.6. The van der Waals surface area contributed by atoms with Crippen molar-refractivity contribution in [2.45, 2.75) is 39.0 Å². The molecule has 1 amide bonds. The van der Waals surface area contributed by atoms with Crippen LogP contribution in [0, 0.1) is 6.92 Å². The molecule has 0 saturated heterocycles.